The van der Waals surface area contributed by atoms with Crippen LogP contribution in [0.15, 0.2) is 12.1 Å². The smallest absolute Gasteiger partial charge is 0.368 e. The highest BCUT2D eigenvalue weighted by Crippen LogP contribution is 2.50. The standard InChI is InChI=1S/C17H22F3NO2/c1-14(2,3)9-7-10(15(4,5)6)12-11(8-9)16(23,13(22)21-12)17(18,19)20/h7-8,23H,1-6H3,(H,21,22). The van der Waals surface area contributed by atoms with Gasteiger partial charge in [-0.1, -0.05) is 47.6 Å². The summed E-state index contributed by atoms with van der Waals surface area (Å²) < 4.78 is 40.3. The first-order chi connectivity index (χ1) is 10.1. The van der Waals surface area contributed by atoms with Crippen molar-refractivity contribution >= 4 is 11.6 Å². The van der Waals surface area contributed by atoms with E-state index in [0.29, 0.717) is 11.1 Å². The zero-order valence-corrected chi connectivity index (χ0v) is 14.1. The summed E-state index contributed by atoms with van der Waals surface area (Å²) in [6.45, 7) is 11.2. The molecule has 0 aliphatic carbocycles. The van der Waals surface area contributed by atoms with Crippen LogP contribution in [0.2, 0.25) is 0 Å². The number of fused-ring (bicyclic) bond motifs is 1. The lowest BCUT2D eigenvalue weighted by atomic mass is 9.77. The van der Waals surface area contributed by atoms with Crippen molar-refractivity contribution in [1.82, 2.24) is 0 Å². The van der Waals surface area contributed by atoms with Gasteiger partial charge in [-0.3, -0.25) is 4.79 Å². The van der Waals surface area contributed by atoms with Crippen LogP contribution < -0.4 is 5.32 Å². The first-order valence-corrected chi connectivity index (χ1v) is 7.40. The molecule has 0 bridgehead atoms. The third-order valence-electron chi connectivity index (χ3n) is 4.18. The van der Waals surface area contributed by atoms with Crippen molar-refractivity contribution in [1.29, 1.82) is 0 Å². The number of carbonyl (C=O) groups is 1. The van der Waals surface area contributed by atoms with E-state index in [2.05, 4.69) is 5.32 Å². The van der Waals surface area contributed by atoms with E-state index in [1.54, 1.807) is 6.07 Å². The first-order valence-electron chi connectivity index (χ1n) is 7.40. The van der Waals surface area contributed by atoms with Crippen LogP contribution in [0.3, 0.4) is 0 Å². The molecule has 0 fully saturated rings. The number of hydrogen-bond acceptors (Lipinski definition) is 2. The second kappa shape index (κ2) is 4.72. The third-order valence-corrected chi connectivity index (χ3v) is 4.18. The summed E-state index contributed by atoms with van der Waals surface area (Å²) in [5, 5.41) is 12.4. The number of rotatable bonds is 0. The van der Waals surface area contributed by atoms with Crippen LogP contribution in [0, 0.1) is 0 Å². The number of carbonyl (C=O) groups excluding carboxylic acids is 1. The van der Waals surface area contributed by atoms with Crippen LogP contribution in [0.1, 0.15) is 58.2 Å². The first kappa shape index (κ1) is 17.8. The van der Waals surface area contributed by atoms with Crippen molar-refractivity contribution in [2.45, 2.75) is 64.1 Å². The summed E-state index contributed by atoms with van der Waals surface area (Å²) in [6, 6.07) is 3.09. The molecule has 0 aromatic heterocycles. The Morgan fingerprint density at radius 1 is 1.00 bits per heavy atom. The quantitative estimate of drug-likeness (QED) is 0.756. The van der Waals surface area contributed by atoms with E-state index < -0.39 is 34.1 Å². The Balaban J connectivity index is 2.88. The molecule has 1 aliphatic heterocycles. The SMILES string of the molecule is CC(C)(C)c1cc(C(C)(C)C)c2c(c1)C(O)(C(F)(F)F)C(=O)N2. The Kier molecular flexibility index (Phi) is 3.65. The Bertz CT molecular complexity index is 666. The number of amides is 1. The molecule has 1 aromatic rings. The molecule has 1 aliphatic rings. The lowest BCUT2D eigenvalue weighted by molar-refractivity contribution is -0.252. The second-order valence-electron chi connectivity index (χ2n) is 8.11. The minimum atomic E-state index is -5.09. The lowest BCUT2D eigenvalue weighted by Gasteiger charge is -2.29. The topological polar surface area (TPSA) is 49.3 Å². The number of nitrogens with one attached hydrogen (secondary N) is 1. The molecule has 6 heteroatoms. The predicted octanol–water partition coefficient (Wildman–Crippen LogP) is 3.98. The average Bonchev–Trinajstić information content (AvgIpc) is 2.59. The van der Waals surface area contributed by atoms with Crippen LogP contribution in [-0.4, -0.2) is 17.2 Å². The molecule has 2 N–H and O–H groups in total. The van der Waals surface area contributed by atoms with E-state index in [9.17, 15) is 23.1 Å². The molecule has 23 heavy (non-hydrogen) atoms. The van der Waals surface area contributed by atoms with E-state index in [1.165, 1.54) is 6.07 Å². The van der Waals surface area contributed by atoms with Crippen LogP contribution in [-0.2, 0) is 21.2 Å². The van der Waals surface area contributed by atoms with Crippen molar-refractivity contribution in [3.8, 4) is 0 Å². The molecule has 0 saturated carbocycles. The van der Waals surface area contributed by atoms with Crippen molar-refractivity contribution < 1.29 is 23.1 Å². The van der Waals surface area contributed by atoms with E-state index in [0.717, 1.165) is 0 Å². The average molecular weight is 329 g/mol. The lowest BCUT2D eigenvalue weighted by Crippen LogP contribution is -2.47. The van der Waals surface area contributed by atoms with Gasteiger partial charge in [-0.05, 0) is 28.0 Å². The van der Waals surface area contributed by atoms with Crippen LogP contribution in [0.4, 0.5) is 18.9 Å². The number of anilines is 1. The maximum Gasteiger partial charge on any atom is 0.430 e. The number of halogens is 3. The molecular formula is C17H22F3NO2. The molecule has 128 valence electrons. The minimum absolute atomic E-state index is 0.0651. The van der Waals surface area contributed by atoms with Gasteiger partial charge in [0.15, 0.2) is 0 Å². The maximum atomic E-state index is 13.4. The fourth-order valence-electron chi connectivity index (χ4n) is 2.69. The predicted molar refractivity (Wildman–Crippen MR) is 82.4 cm³/mol. The van der Waals surface area contributed by atoms with Gasteiger partial charge in [0.2, 0.25) is 0 Å². The normalized spacial score (nSPS) is 22.1. The second-order valence-corrected chi connectivity index (χ2v) is 8.11. The van der Waals surface area contributed by atoms with Gasteiger partial charge in [-0.25, -0.2) is 0 Å². The summed E-state index contributed by atoms with van der Waals surface area (Å²) in [6.07, 6.45) is -5.09. The molecule has 1 heterocycles. The van der Waals surface area contributed by atoms with Crippen LogP contribution >= 0.6 is 0 Å². The van der Waals surface area contributed by atoms with Crippen LogP contribution in [0.25, 0.3) is 0 Å². The van der Waals surface area contributed by atoms with Gasteiger partial charge >= 0.3 is 6.18 Å². The molecule has 1 unspecified atom stereocenters. The fraction of sp³-hybridized carbons (Fsp3) is 0.588. The van der Waals surface area contributed by atoms with E-state index in [-0.39, 0.29) is 5.69 Å². The van der Waals surface area contributed by atoms with Crippen molar-refractivity contribution in [3.05, 3.63) is 28.8 Å². The van der Waals surface area contributed by atoms with Gasteiger partial charge in [-0.2, -0.15) is 13.2 Å². The molecule has 0 spiro atoms. The molecule has 1 atom stereocenters. The number of benzene rings is 1. The Morgan fingerprint density at radius 2 is 1.52 bits per heavy atom. The van der Waals surface area contributed by atoms with E-state index in [4.69, 9.17) is 0 Å². The summed E-state index contributed by atoms with van der Waals surface area (Å²) >= 11 is 0. The highest BCUT2D eigenvalue weighted by Gasteiger charge is 2.65. The van der Waals surface area contributed by atoms with Gasteiger partial charge in [0.25, 0.3) is 11.5 Å². The van der Waals surface area contributed by atoms with E-state index in [1.807, 2.05) is 41.5 Å². The van der Waals surface area contributed by atoms with Crippen molar-refractivity contribution in [3.63, 3.8) is 0 Å². The van der Waals surface area contributed by atoms with Crippen molar-refractivity contribution in [2.24, 2.45) is 0 Å². The summed E-state index contributed by atoms with van der Waals surface area (Å²) in [4.78, 5) is 12.0. The molecule has 0 saturated heterocycles. The van der Waals surface area contributed by atoms with Gasteiger partial charge < -0.3 is 10.4 Å². The zero-order valence-electron chi connectivity index (χ0n) is 14.1. The molecule has 0 radical (unpaired) electrons. The molecule has 3 nitrogen and oxygen atoms in total. The van der Waals surface area contributed by atoms with Gasteiger partial charge in [0.05, 0.1) is 5.69 Å². The maximum absolute atomic E-state index is 13.4. The largest absolute Gasteiger partial charge is 0.430 e. The van der Waals surface area contributed by atoms with Crippen LogP contribution in [0.5, 0.6) is 0 Å². The van der Waals surface area contributed by atoms with Gasteiger partial charge in [-0.15, -0.1) is 0 Å². The van der Waals surface area contributed by atoms with Crippen molar-refractivity contribution in [2.75, 3.05) is 5.32 Å². The third kappa shape index (κ3) is 2.63. The Morgan fingerprint density at radius 3 is 1.91 bits per heavy atom. The van der Waals surface area contributed by atoms with Gasteiger partial charge in [0, 0.05) is 5.56 Å². The Hall–Kier alpha value is -1.56. The number of aliphatic hydroxyl groups is 1. The monoisotopic (exact) mass is 329 g/mol. The highest BCUT2D eigenvalue weighted by molar-refractivity contribution is 6.06. The van der Waals surface area contributed by atoms with Gasteiger partial charge in [0.1, 0.15) is 0 Å². The highest BCUT2D eigenvalue weighted by atomic mass is 19.4. The summed E-state index contributed by atoms with van der Waals surface area (Å²) in [5.74, 6) is -1.45. The number of hydrogen-bond donors (Lipinski definition) is 2. The summed E-state index contributed by atoms with van der Waals surface area (Å²) in [5.41, 5.74) is -3.55. The Labute approximate surface area is 133 Å². The summed E-state index contributed by atoms with van der Waals surface area (Å²) in [7, 11) is 0. The number of alkyl halides is 3. The zero-order chi connectivity index (χ0) is 18.0. The molecular weight excluding hydrogens is 307 g/mol. The molecule has 1 aromatic carbocycles. The fourth-order valence-corrected chi connectivity index (χ4v) is 2.69. The molecule has 1 amide bonds. The van der Waals surface area contributed by atoms with E-state index >= 15 is 0 Å². The molecule has 2 rings (SSSR count). The minimum Gasteiger partial charge on any atom is -0.368 e.